The lowest BCUT2D eigenvalue weighted by Crippen LogP contribution is -2.29. The Hall–Kier alpha value is -3.40. The number of carbonyl (C=O) groups is 1. The van der Waals surface area contributed by atoms with Crippen LogP contribution in [0.15, 0.2) is 79.0 Å². The van der Waals surface area contributed by atoms with Crippen molar-refractivity contribution in [1.82, 2.24) is 9.78 Å². The summed E-state index contributed by atoms with van der Waals surface area (Å²) in [6.07, 6.45) is 2.81. The summed E-state index contributed by atoms with van der Waals surface area (Å²) < 4.78 is 2.06. The fraction of sp³-hybridized carbons (Fsp3) is 0.200. The quantitative estimate of drug-likeness (QED) is 0.526. The lowest BCUT2D eigenvalue weighted by Gasteiger charge is -2.12. The fourth-order valence-electron chi connectivity index (χ4n) is 5.05. The van der Waals surface area contributed by atoms with Gasteiger partial charge in [-0.15, -0.1) is 0 Å². The normalized spacial score (nSPS) is 22.4. The summed E-state index contributed by atoms with van der Waals surface area (Å²) in [5, 5.41) is 5.74. The molecule has 4 aromatic rings. The third-order valence-corrected chi connectivity index (χ3v) is 6.64. The SMILES string of the molecule is CN1C(=O)[C@@]2(CC2c2ccc3cnn(Cc4ccccc4)c3c2)c2ccccc21. The van der Waals surface area contributed by atoms with Crippen LogP contribution in [0.5, 0.6) is 0 Å². The van der Waals surface area contributed by atoms with Crippen LogP contribution in [0.1, 0.15) is 29.0 Å². The van der Waals surface area contributed by atoms with Crippen molar-refractivity contribution in [2.45, 2.75) is 24.3 Å². The molecule has 0 N–H and O–H groups in total. The molecule has 29 heavy (non-hydrogen) atoms. The van der Waals surface area contributed by atoms with E-state index in [1.807, 2.05) is 36.3 Å². The van der Waals surface area contributed by atoms with E-state index in [0.717, 1.165) is 29.6 Å². The Bertz CT molecular complexity index is 1260. The third-order valence-electron chi connectivity index (χ3n) is 6.64. The van der Waals surface area contributed by atoms with E-state index in [2.05, 4.69) is 64.4 Å². The maximum atomic E-state index is 13.2. The molecule has 6 rings (SSSR count). The summed E-state index contributed by atoms with van der Waals surface area (Å²) in [7, 11) is 1.89. The smallest absolute Gasteiger partial charge is 0.238 e. The van der Waals surface area contributed by atoms with E-state index in [0.29, 0.717) is 0 Å². The van der Waals surface area contributed by atoms with Gasteiger partial charge in [0.25, 0.3) is 0 Å². The van der Waals surface area contributed by atoms with Crippen molar-refractivity contribution in [3.05, 3.63) is 95.7 Å². The molecule has 0 radical (unpaired) electrons. The molecule has 2 atom stereocenters. The van der Waals surface area contributed by atoms with Gasteiger partial charge in [-0.2, -0.15) is 5.10 Å². The number of nitrogens with zero attached hydrogens (tertiary/aromatic N) is 3. The molecule has 1 saturated carbocycles. The van der Waals surface area contributed by atoms with Gasteiger partial charge in [-0.1, -0.05) is 60.7 Å². The van der Waals surface area contributed by atoms with Gasteiger partial charge in [0.05, 0.1) is 23.7 Å². The monoisotopic (exact) mass is 379 g/mol. The molecule has 3 aromatic carbocycles. The van der Waals surface area contributed by atoms with Crippen LogP contribution in [0, 0.1) is 0 Å². The third kappa shape index (κ3) is 2.26. The van der Waals surface area contributed by atoms with Gasteiger partial charge in [-0.05, 0) is 35.2 Å². The number of anilines is 1. The Balaban J connectivity index is 1.40. The highest BCUT2D eigenvalue weighted by molar-refractivity contribution is 6.11. The van der Waals surface area contributed by atoms with Crippen molar-refractivity contribution in [3.63, 3.8) is 0 Å². The molecule has 0 bridgehead atoms. The first-order valence-electron chi connectivity index (χ1n) is 10.1. The van der Waals surface area contributed by atoms with Crippen molar-refractivity contribution in [2.75, 3.05) is 11.9 Å². The number of para-hydroxylation sites is 1. The maximum absolute atomic E-state index is 13.2. The van der Waals surface area contributed by atoms with E-state index in [9.17, 15) is 4.79 Å². The van der Waals surface area contributed by atoms with Crippen molar-refractivity contribution < 1.29 is 4.79 Å². The second-order valence-corrected chi connectivity index (χ2v) is 8.22. The van der Waals surface area contributed by atoms with Crippen LogP contribution >= 0.6 is 0 Å². The zero-order chi connectivity index (χ0) is 19.6. The summed E-state index contributed by atoms with van der Waals surface area (Å²) >= 11 is 0. The van der Waals surface area contributed by atoms with E-state index in [1.165, 1.54) is 16.7 Å². The van der Waals surface area contributed by atoms with Gasteiger partial charge in [0.1, 0.15) is 0 Å². The molecule has 1 amide bonds. The lowest BCUT2D eigenvalue weighted by molar-refractivity contribution is -0.120. The topological polar surface area (TPSA) is 38.1 Å². The first-order valence-corrected chi connectivity index (χ1v) is 10.1. The van der Waals surface area contributed by atoms with Gasteiger partial charge in [-0.25, -0.2) is 0 Å². The molecular weight excluding hydrogens is 358 g/mol. The van der Waals surface area contributed by atoms with E-state index in [4.69, 9.17) is 0 Å². The van der Waals surface area contributed by atoms with E-state index in [-0.39, 0.29) is 17.2 Å². The molecule has 1 unspecified atom stereocenters. The van der Waals surface area contributed by atoms with E-state index < -0.39 is 0 Å². The van der Waals surface area contributed by atoms with Crippen LogP contribution in [0.25, 0.3) is 10.9 Å². The molecule has 1 aromatic heterocycles. The molecule has 2 aliphatic rings. The molecule has 142 valence electrons. The van der Waals surface area contributed by atoms with Crippen LogP contribution < -0.4 is 4.90 Å². The Morgan fingerprint density at radius 2 is 1.83 bits per heavy atom. The minimum Gasteiger partial charge on any atom is -0.314 e. The number of rotatable bonds is 3. The van der Waals surface area contributed by atoms with Gasteiger partial charge in [0, 0.05) is 24.0 Å². The molecule has 1 aliphatic heterocycles. The van der Waals surface area contributed by atoms with Crippen molar-refractivity contribution in [2.24, 2.45) is 0 Å². The first kappa shape index (κ1) is 16.5. The lowest BCUT2D eigenvalue weighted by atomic mass is 9.92. The standard InChI is InChI=1S/C25H21N3O/c1-27-22-10-6-5-9-20(22)25(24(27)29)14-21(25)18-11-12-19-15-26-28(23(19)13-18)16-17-7-3-2-4-8-17/h2-13,15,21H,14,16H2,1H3/t21?,25-/m0/s1. The average molecular weight is 379 g/mol. The van der Waals surface area contributed by atoms with Crippen molar-refractivity contribution >= 4 is 22.5 Å². The van der Waals surface area contributed by atoms with Gasteiger partial charge >= 0.3 is 0 Å². The Kier molecular flexibility index (Phi) is 3.31. The van der Waals surface area contributed by atoms with E-state index >= 15 is 0 Å². The van der Waals surface area contributed by atoms with Crippen LogP contribution in [0.2, 0.25) is 0 Å². The highest BCUT2D eigenvalue weighted by Gasteiger charge is 2.66. The summed E-state index contributed by atoms with van der Waals surface area (Å²) in [4.78, 5) is 15.0. The number of fused-ring (bicyclic) bond motifs is 3. The van der Waals surface area contributed by atoms with Crippen LogP contribution in [-0.2, 0) is 16.8 Å². The zero-order valence-corrected chi connectivity index (χ0v) is 16.2. The number of hydrogen-bond acceptors (Lipinski definition) is 2. The molecule has 1 spiro atoms. The highest BCUT2D eigenvalue weighted by atomic mass is 16.2. The van der Waals surface area contributed by atoms with Crippen LogP contribution in [-0.4, -0.2) is 22.7 Å². The van der Waals surface area contributed by atoms with Crippen molar-refractivity contribution in [1.29, 1.82) is 0 Å². The summed E-state index contributed by atoms with van der Waals surface area (Å²) in [6.45, 7) is 0.744. The number of aromatic nitrogens is 2. The molecule has 1 fully saturated rings. The Morgan fingerprint density at radius 1 is 1.03 bits per heavy atom. The van der Waals surface area contributed by atoms with Crippen LogP contribution in [0.4, 0.5) is 5.69 Å². The van der Waals surface area contributed by atoms with Gasteiger partial charge < -0.3 is 4.90 Å². The molecule has 4 heteroatoms. The maximum Gasteiger partial charge on any atom is 0.238 e. The highest BCUT2D eigenvalue weighted by Crippen LogP contribution is 2.66. The minimum atomic E-state index is -0.386. The predicted octanol–water partition coefficient (Wildman–Crippen LogP) is 4.49. The van der Waals surface area contributed by atoms with Crippen LogP contribution in [0.3, 0.4) is 0 Å². The van der Waals surface area contributed by atoms with Gasteiger partial charge in [-0.3, -0.25) is 9.48 Å². The Labute approximate surface area is 169 Å². The van der Waals surface area contributed by atoms with Gasteiger partial charge in [0.15, 0.2) is 0 Å². The second kappa shape index (κ2) is 5.80. The zero-order valence-electron chi connectivity index (χ0n) is 16.2. The molecule has 2 heterocycles. The molecular formula is C25H21N3O. The first-order chi connectivity index (χ1) is 14.2. The minimum absolute atomic E-state index is 0.224. The molecule has 4 nitrogen and oxygen atoms in total. The average Bonchev–Trinajstić information content (AvgIpc) is 3.35. The molecule has 0 saturated heterocycles. The second-order valence-electron chi connectivity index (χ2n) is 8.22. The molecule has 1 aliphatic carbocycles. The Morgan fingerprint density at radius 3 is 2.69 bits per heavy atom. The number of carbonyl (C=O) groups excluding carboxylic acids is 1. The number of benzene rings is 3. The predicted molar refractivity (Wildman–Crippen MR) is 114 cm³/mol. The fourth-order valence-corrected chi connectivity index (χ4v) is 5.05. The number of hydrogen-bond donors (Lipinski definition) is 0. The van der Waals surface area contributed by atoms with Gasteiger partial charge in [0.2, 0.25) is 5.91 Å². The largest absolute Gasteiger partial charge is 0.314 e. The van der Waals surface area contributed by atoms with Crippen molar-refractivity contribution in [3.8, 4) is 0 Å². The summed E-state index contributed by atoms with van der Waals surface area (Å²) in [5.41, 5.74) is 5.42. The number of amides is 1. The summed E-state index contributed by atoms with van der Waals surface area (Å²) in [5.74, 6) is 0.451. The number of likely N-dealkylation sites (N-methyl/N-ethyl adjacent to an activating group) is 1. The summed E-state index contributed by atoms with van der Waals surface area (Å²) in [6, 6.07) is 25.2. The van der Waals surface area contributed by atoms with E-state index in [1.54, 1.807) is 0 Å².